The van der Waals surface area contributed by atoms with Gasteiger partial charge in [0.05, 0.1) is 25.2 Å². The van der Waals surface area contributed by atoms with Crippen molar-refractivity contribution in [2.75, 3.05) is 20.3 Å². The third-order valence-electron chi connectivity index (χ3n) is 3.82. The summed E-state index contributed by atoms with van der Waals surface area (Å²) in [6.45, 7) is 4.94. The number of thioether (sulfide) groups is 1. The topological polar surface area (TPSA) is 69.2 Å². The van der Waals surface area contributed by atoms with Crippen LogP contribution in [-0.2, 0) is 4.79 Å². The summed E-state index contributed by atoms with van der Waals surface area (Å²) in [5, 5.41) is 3.31. The second kappa shape index (κ2) is 9.32. The van der Waals surface area contributed by atoms with Gasteiger partial charge in [0, 0.05) is 0 Å². The van der Waals surface area contributed by atoms with Crippen LogP contribution in [0.15, 0.2) is 52.4 Å². The zero-order valence-electron chi connectivity index (χ0n) is 16.0. The van der Waals surface area contributed by atoms with Crippen LogP contribution in [0.4, 0.5) is 5.69 Å². The smallest absolute Gasteiger partial charge is 0.264 e. The normalized spacial score (nSPS) is 16.3. The zero-order chi connectivity index (χ0) is 19.9. The second-order valence-corrected chi connectivity index (χ2v) is 6.76. The number of aliphatic imine (C=N–C) groups is 1. The van der Waals surface area contributed by atoms with Gasteiger partial charge in [0.2, 0.25) is 0 Å². The molecule has 0 spiro atoms. The van der Waals surface area contributed by atoms with Crippen LogP contribution in [0, 0.1) is 0 Å². The number of ether oxygens (including phenoxy) is 3. The maximum Gasteiger partial charge on any atom is 0.264 e. The molecule has 146 valence electrons. The van der Waals surface area contributed by atoms with Crippen molar-refractivity contribution in [2.24, 2.45) is 4.99 Å². The SMILES string of the molecule is CCOc1ccccc1N=C1NC(=O)/C(=C/c2ccc(OCC)c(OC)c2)S1. The molecule has 1 saturated heterocycles. The number of hydrogen-bond acceptors (Lipinski definition) is 6. The van der Waals surface area contributed by atoms with Crippen molar-refractivity contribution in [1.82, 2.24) is 5.32 Å². The Morgan fingerprint density at radius 3 is 2.54 bits per heavy atom. The Labute approximate surface area is 168 Å². The molecule has 1 amide bonds. The number of amides is 1. The van der Waals surface area contributed by atoms with Gasteiger partial charge in [-0.25, -0.2) is 4.99 Å². The number of carbonyl (C=O) groups is 1. The summed E-state index contributed by atoms with van der Waals surface area (Å²) in [5.74, 6) is 1.79. The number of methoxy groups -OCH3 is 1. The molecule has 2 aromatic rings. The highest BCUT2D eigenvalue weighted by Crippen LogP contribution is 2.34. The number of nitrogens with one attached hydrogen (secondary N) is 1. The molecule has 0 radical (unpaired) electrons. The number of rotatable bonds is 7. The van der Waals surface area contributed by atoms with Crippen LogP contribution in [0.1, 0.15) is 19.4 Å². The summed E-state index contributed by atoms with van der Waals surface area (Å²) < 4.78 is 16.5. The molecule has 0 unspecified atom stereocenters. The zero-order valence-corrected chi connectivity index (χ0v) is 16.8. The fourth-order valence-corrected chi connectivity index (χ4v) is 3.45. The first-order valence-electron chi connectivity index (χ1n) is 8.96. The lowest BCUT2D eigenvalue weighted by atomic mass is 10.2. The van der Waals surface area contributed by atoms with E-state index in [0.717, 1.165) is 5.56 Å². The highest BCUT2D eigenvalue weighted by Gasteiger charge is 2.24. The Kier molecular flexibility index (Phi) is 6.60. The van der Waals surface area contributed by atoms with Gasteiger partial charge in [-0.2, -0.15) is 0 Å². The Balaban J connectivity index is 1.83. The van der Waals surface area contributed by atoms with Gasteiger partial charge in [-0.15, -0.1) is 0 Å². The summed E-state index contributed by atoms with van der Waals surface area (Å²) in [7, 11) is 1.59. The van der Waals surface area contributed by atoms with Gasteiger partial charge in [-0.1, -0.05) is 18.2 Å². The van der Waals surface area contributed by atoms with E-state index in [9.17, 15) is 4.79 Å². The fraction of sp³-hybridized carbons (Fsp3) is 0.238. The summed E-state index contributed by atoms with van der Waals surface area (Å²) >= 11 is 1.29. The average Bonchev–Trinajstić information content (AvgIpc) is 3.03. The monoisotopic (exact) mass is 398 g/mol. The lowest BCUT2D eigenvalue weighted by molar-refractivity contribution is -0.115. The maximum absolute atomic E-state index is 12.3. The van der Waals surface area contributed by atoms with E-state index in [1.165, 1.54) is 11.8 Å². The summed E-state index contributed by atoms with van der Waals surface area (Å²) in [6.07, 6.45) is 1.80. The summed E-state index contributed by atoms with van der Waals surface area (Å²) in [4.78, 5) is 17.4. The molecular formula is C21H22N2O4S. The predicted molar refractivity (Wildman–Crippen MR) is 113 cm³/mol. The summed E-state index contributed by atoms with van der Waals surface area (Å²) in [6, 6.07) is 13.0. The van der Waals surface area contributed by atoms with Crippen molar-refractivity contribution in [2.45, 2.75) is 13.8 Å². The van der Waals surface area contributed by atoms with Crippen LogP contribution in [-0.4, -0.2) is 31.4 Å². The van der Waals surface area contributed by atoms with Crippen molar-refractivity contribution in [3.63, 3.8) is 0 Å². The fourth-order valence-electron chi connectivity index (χ4n) is 2.62. The minimum Gasteiger partial charge on any atom is -0.493 e. The van der Waals surface area contributed by atoms with Gasteiger partial charge >= 0.3 is 0 Å². The van der Waals surface area contributed by atoms with Gasteiger partial charge in [0.25, 0.3) is 5.91 Å². The number of para-hydroxylation sites is 2. The minimum absolute atomic E-state index is 0.189. The van der Waals surface area contributed by atoms with Crippen LogP contribution >= 0.6 is 11.8 Å². The third kappa shape index (κ3) is 4.67. The van der Waals surface area contributed by atoms with E-state index < -0.39 is 0 Å². The van der Waals surface area contributed by atoms with Gasteiger partial charge < -0.3 is 19.5 Å². The lowest BCUT2D eigenvalue weighted by Crippen LogP contribution is -2.19. The van der Waals surface area contributed by atoms with Crippen molar-refractivity contribution in [3.8, 4) is 17.2 Å². The molecule has 0 atom stereocenters. The number of benzene rings is 2. The molecule has 7 heteroatoms. The molecule has 0 bridgehead atoms. The number of hydrogen-bond donors (Lipinski definition) is 1. The molecule has 6 nitrogen and oxygen atoms in total. The first-order chi connectivity index (χ1) is 13.6. The van der Waals surface area contributed by atoms with E-state index >= 15 is 0 Å². The van der Waals surface area contributed by atoms with Crippen molar-refractivity contribution < 1.29 is 19.0 Å². The summed E-state index contributed by atoms with van der Waals surface area (Å²) in [5.41, 5.74) is 1.52. The van der Waals surface area contributed by atoms with E-state index in [-0.39, 0.29) is 5.91 Å². The van der Waals surface area contributed by atoms with Crippen LogP contribution < -0.4 is 19.5 Å². The number of nitrogens with zero attached hydrogens (tertiary/aromatic N) is 1. The molecule has 0 aromatic heterocycles. The Hall–Kier alpha value is -2.93. The molecule has 1 N–H and O–H groups in total. The largest absolute Gasteiger partial charge is 0.493 e. The van der Waals surface area contributed by atoms with Crippen LogP contribution in [0.5, 0.6) is 17.2 Å². The van der Waals surface area contributed by atoms with E-state index in [2.05, 4.69) is 10.3 Å². The predicted octanol–water partition coefficient (Wildman–Crippen LogP) is 4.38. The van der Waals surface area contributed by atoms with E-state index in [1.54, 1.807) is 13.2 Å². The van der Waals surface area contributed by atoms with Crippen molar-refractivity contribution in [3.05, 3.63) is 52.9 Å². The number of amidine groups is 1. The van der Waals surface area contributed by atoms with E-state index in [1.807, 2.05) is 56.3 Å². The quantitative estimate of drug-likeness (QED) is 0.701. The molecule has 1 fully saturated rings. The maximum atomic E-state index is 12.3. The van der Waals surface area contributed by atoms with Crippen LogP contribution in [0.25, 0.3) is 6.08 Å². The average molecular weight is 398 g/mol. The standard InChI is InChI=1S/C21H22N2O4S/c1-4-26-16-9-7-6-8-15(16)22-21-23-20(24)19(28-21)13-14-10-11-17(27-5-2)18(12-14)25-3/h6-13H,4-5H2,1-3H3,(H,22,23,24)/b19-13-. The van der Waals surface area contributed by atoms with Gasteiger partial charge in [-0.05, 0) is 61.5 Å². The highest BCUT2D eigenvalue weighted by molar-refractivity contribution is 8.18. The highest BCUT2D eigenvalue weighted by atomic mass is 32.2. The number of carbonyl (C=O) groups excluding carboxylic acids is 1. The van der Waals surface area contributed by atoms with Gasteiger partial charge in [0.15, 0.2) is 16.7 Å². The van der Waals surface area contributed by atoms with Gasteiger partial charge in [-0.3, -0.25) is 4.79 Å². The third-order valence-corrected chi connectivity index (χ3v) is 4.73. The molecule has 2 aromatic carbocycles. The first-order valence-corrected chi connectivity index (χ1v) is 9.78. The molecule has 28 heavy (non-hydrogen) atoms. The Morgan fingerprint density at radius 2 is 1.79 bits per heavy atom. The lowest BCUT2D eigenvalue weighted by Gasteiger charge is -2.09. The molecule has 1 heterocycles. The second-order valence-electron chi connectivity index (χ2n) is 5.73. The van der Waals surface area contributed by atoms with Crippen LogP contribution in [0.2, 0.25) is 0 Å². The Bertz CT molecular complexity index is 924. The van der Waals surface area contributed by atoms with Crippen LogP contribution in [0.3, 0.4) is 0 Å². The van der Waals surface area contributed by atoms with E-state index in [4.69, 9.17) is 14.2 Å². The van der Waals surface area contributed by atoms with Crippen molar-refractivity contribution in [1.29, 1.82) is 0 Å². The molecule has 1 aliphatic heterocycles. The molecular weight excluding hydrogens is 376 g/mol. The van der Waals surface area contributed by atoms with Gasteiger partial charge in [0.1, 0.15) is 11.4 Å². The Morgan fingerprint density at radius 1 is 1.04 bits per heavy atom. The minimum atomic E-state index is -0.189. The molecule has 0 aliphatic carbocycles. The van der Waals surface area contributed by atoms with Crippen molar-refractivity contribution >= 4 is 34.6 Å². The molecule has 0 saturated carbocycles. The first kappa shape index (κ1) is 19.8. The molecule has 3 rings (SSSR count). The molecule has 1 aliphatic rings. The van der Waals surface area contributed by atoms with E-state index in [0.29, 0.717) is 46.2 Å².